The fraction of sp³-hybridized carbons (Fsp3) is 0.125. The van der Waals surface area contributed by atoms with E-state index in [1.807, 2.05) is 0 Å². The molecule has 0 saturated carbocycles. The third-order valence-corrected chi connectivity index (χ3v) is 3.59. The molecule has 1 atom stereocenters. The number of hydrogen-bond donors (Lipinski definition) is 1. The zero-order valence-corrected chi connectivity index (χ0v) is 12.5. The average Bonchev–Trinajstić information content (AvgIpc) is 2.45. The zero-order chi connectivity index (χ0) is 15.4. The van der Waals surface area contributed by atoms with Gasteiger partial charge in [-0.2, -0.15) is 0 Å². The number of carboxylic acid groups (broad SMARTS) is 1. The van der Waals surface area contributed by atoms with Crippen LogP contribution in [-0.4, -0.2) is 16.9 Å². The van der Waals surface area contributed by atoms with Gasteiger partial charge in [0.05, 0.1) is 5.56 Å². The summed E-state index contributed by atoms with van der Waals surface area (Å²) >= 11 is 3.10. The van der Waals surface area contributed by atoms with Gasteiger partial charge < -0.3 is 5.11 Å². The fourth-order valence-electron chi connectivity index (χ4n) is 2.02. The summed E-state index contributed by atoms with van der Waals surface area (Å²) in [7, 11) is 0. The Balaban J connectivity index is 2.30. The Morgan fingerprint density at radius 2 is 1.81 bits per heavy atom. The summed E-state index contributed by atoms with van der Waals surface area (Å²) in [5.74, 6) is -4.01. The van der Waals surface area contributed by atoms with E-state index in [1.54, 1.807) is 30.3 Å². The Morgan fingerprint density at radius 1 is 1.14 bits per heavy atom. The van der Waals surface area contributed by atoms with Crippen LogP contribution in [0.4, 0.5) is 4.39 Å². The van der Waals surface area contributed by atoms with Gasteiger partial charge in [0.2, 0.25) is 0 Å². The van der Waals surface area contributed by atoms with Crippen LogP contribution in [0.1, 0.15) is 15.9 Å². The van der Waals surface area contributed by atoms with Gasteiger partial charge in [-0.05, 0) is 30.2 Å². The molecule has 0 bridgehead atoms. The van der Waals surface area contributed by atoms with Gasteiger partial charge in [0.15, 0.2) is 5.78 Å². The van der Waals surface area contributed by atoms with Gasteiger partial charge in [-0.1, -0.05) is 46.3 Å². The number of hydrogen-bond acceptors (Lipinski definition) is 2. The van der Waals surface area contributed by atoms with Crippen molar-refractivity contribution < 1.29 is 19.1 Å². The van der Waals surface area contributed by atoms with Crippen molar-refractivity contribution in [2.45, 2.75) is 6.42 Å². The standard InChI is InChI=1S/C16H12BrFO3/c17-11-6-7-12(14(18)9-11)15(19)13(16(20)21)8-10-4-2-1-3-5-10/h1-7,9,13H,8H2,(H,20,21). The molecule has 0 aromatic heterocycles. The van der Waals surface area contributed by atoms with E-state index in [2.05, 4.69) is 15.9 Å². The van der Waals surface area contributed by atoms with Crippen LogP contribution in [-0.2, 0) is 11.2 Å². The number of rotatable bonds is 5. The van der Waals surface area contributed by atoms with E-state index in [1.165, 1.54) is 12.1 Å². The molecule has 0 fully saturated rings. The molecule has 2 rings (SSSR count). The minimum Gasteiger partial charge on any atom is -0.481 e. The zero-order valence-electron chi connectivity index (χ0n) is 10.9. The lowest BCUT2D eigenvalue weighted by Gasteiger charge is -2.12. The van der Waals surface area contributed by atoms with Crippen molar-refractivity contribution in [3.63, 3.8) is 0 Å². The highest BCUT2D eigenvalue weighted by atomic mass is 79.9. The van der Waals surface area contributed by atoms with Gasteiger partial charge in [-0.15, -0.1) is 0 Å². The largest absolute Gasteiger partial charge is 0.481 e. The van der Waals surface area contributed by atoms with Gasteiger partial charge in [0.1, 0.15) is 11.7 Å². The molecule has 0 heterocycles. The Hall–Kier alpha value is -2.01. The van der Waals surface area contributed by atoms with Crippen molar-refractivity contribution in [3.8, 4) is 0 Å². The van der Waals surface area contributed by atoms with E-state index in [-0.39, 0.29) is 12.0 Å². The molecule has 0 amide bonds. The first-order valence-corrected chi connectivity index (χ1v) is 7.04. The lowest BCUT2D eigenvalue weighted by atomic mass is 9.91. The third-order valence-electron chi connectivity index (χ3n) is 3.09. The first-order valence-electron chi connectivity index (χ1n) is 6.25. The summed E-state index contributed by atoms with van der Waals surface area (Å²) in [4.78, 5) is 23.6. The second-order valence-corrected chi connectivity index (χ2v) is 5.48. The minimum absolute atomic E-state index is 0.0323. The Labute approximate surface area is 129 Å². The van der Waals surface area contributed by atoms with Gasteiger partial charge in [0.25, 0.3) is 0 Å². The van der Waals surface area contributed by atoms with Crippen LogP contribution in [0.25, 0.3) is 0 Å². The molecule has 1 unspecified atom stereocenters. The predicted octanol–water partition coefficient (Wildman–Crippen LogP) is 3.71. The molecule has 2 aromatic carbocycles. The quantitative estimate of drug-likeness (QED) is 0.660. The van der Waals surface area contributed by atoms with Crippen LogP contribution in [0.2, 0.25) is 0 Å². The number of benzene rings is 2. The summed E-state index contributed by atoms with van der Waals surface area (Å²) in [6.45, 7) is 0. The van der Waals surface area contributed by atoms with Gasteiger partial charge in [0, 0.05) is 4.47 Å². The number of ketones is 1. The number of halogens is 2. The van der Waals surface area contributed by atoms with E-state index in [0.29, 0.717) is 4.47 Å². The van der Waals surface area contributed by atoms with E-state index >= 15 is 0 Å². The molecule has 0 radical (unpaired) electrons. The van der Waals surface area contributed by atoms with Crippen molar-refractivity contribution >= 4 is 27.7 Å². The number of carbonyl (C=O) groups is 2. The normalized spacial score (nSPS) is 11.9. The molecule has 1 N–H and O–H groups in total. The highest BCUT2D eigenvalue weighted by Gasteiger charge is 2.29. The average molecular weight is 351 g/mol. The highest BCUT2D eigenvalue weighted by molar-refractivity contribution is 9.10. The molecule has 5 heteroatoms. The molecule has 0 aliphatic carbocycles. The molecule has 2 aromatic rings. The maximum atomic E-state index is 13.8. The van der Waals surface area contributed by atoms with Gasteiger partial charge in [-0.3, -0.25) is 9.59 Å². The smallest absolute Gasteiger partial charge is 0.314 e. The van der Waals surface area contributed by atoms with Crippen molar-refractivity contribution in [2.75, 3.05) is 0 Å². The second-order valence-electron chi connectivity index (χ2n) is 4.57. The van der Waals surface area contributed by atoms with Crippen molar-refractivity contribution in [2.24, 2.45) is 5.92 Å². The molecule has 3 nitrogen and oxygen atoms in total. The summed E-state index contributed by atoms with van der Waals surface area (Å²) in [5, 5.41) is 9.26. The number of carbonyl (C=O) groups excluding carboxylic acids is 1. The SMILES string of the molecule is O=C(O)C(Cc1ccccc1)C(=O)c1ccc(Br)cc1F. The summed E-state index contributed by atoms with van der Waals surface area (Å²) in [6.07, 6.45) is 0.0323. The first kappa shape index (κ1) is 15.4. The summed E-state index contributed by atoms with van der Waals surface area (Å²) < 4.78 is 14.3. The molecule has 0 spiro atoms. The van der Waals surface area contributed by atoms with Gasteiger partial charge in [-0.25, -0.2) is 4.39 Å². The summed E-state index contributed by atoms with van der Waals surface area (Å²) in [5.41, 5.74) is 0.511. The van der Waals surface area contributed by atoms with Crippen molar-refractivity contribution in [3.05, 3.63) is 69.9 Å². The summed E-state index contributed by atoms with van der Waals surface area (Å²) in [6, 6.07) is 12.8. The van der Waals surface area contributed by atoms with Crippen LogP contribution >= 0.6 is 15.9 Å². The molecule has 0 aliphatic heterocycles. The highest BCUT2D eigenvalue weighted by Crippen LogP contribution is 2.20. The number of carboxylic acids is 1. The van der Waals surface area contributed by atoms with E-state index in [0.717, 1.165) is 11.6 Å². The van der Waals surface area contributed by atoms with E-state index in [9.17, 15) is 19.1 Å². The van der Waals surface area contributed by atoms with E-state index < -0.39 is 23.5 Å². The maximum Gasteiger partial charge on any atom is 0.314 e. The third kappa shape index (κ3) is 3.76. The van der Waals surface area contributed by atoms with Crippen molar-refractivity contribution in [1.82, 2.24) is 0 Å². The van der Waals surface area contributed by atoms with Crippen molar-refractivity contribution in [1.29, 1.82) is 0 Å². The molecule has 0 saturated heterocycles. The number of Topliss-reactive ketones (excluding diaryl/α,β-unsaturated/α-hetero) is 1. The van der Waals surface area contributed by atoms with E-state index in [4.69, 9.17) is 0 Å². The van der Waals surface area contributed by atoms with Crippen LogP contribution in [0.15, 0.2) is 53.0 Å². The Bertz CT molecular complexity index is 670. The van der Waals surface area contributed by atoms with Crippen LogP contribution < -0.4 is 0 Å². The Kier molecular flexibility index (Phi) is 4.85. The molecule has 108 valence electrons. The molecule has 0 aliphatic rings. The second kappa shape index (κ2) is 6.63. The Morgan fingerprint density at radius 3 is 2.38 bits per heavy atom. The molecular weight excluding hydrogens is 339 g/mol. The first-order chi connectivity index (χ1) is 9.99. The van der Waals surface area contributed by atoms with Crippen LogP contribution in [0.5, 0.6) is 0 Å². The predicted molar refractivity (Wildman–Crippen MR) is 79.7 cm³/mol. The molecule has 21 heavy (non-hydrogen) atoms. The lowest BCUT2D eigenvalue weighted by Crippen LogP contribution is -2.26. The monoisotopic (exact) mass is 350 g/mol. The number of aliphatic carboxylic acids is 1. The lowest BCUT2D eigenvalue weighted by molar-refractivity contribution is -0.139. The van der Waals surface area contributed by atoms with Crippen LogP contribution in [0, 0.1) is 11.7 Å². The molecular formula is C16H12BrFO3. The topological polar surface area (TPSA) is 54.4 Å². The maximum absolute atomic E-state index is 13.8. The minimum atomic E-state index is -1.30. The van der Waals surface area contributed by atoms with Crippen LogP contribution in [0.3, 0.4) is 0 Å². The fourth-order valence-corrected chi connectivity index (χ4v) is 2.35. The van der Waals surface area contributed by atoms with Gasteiger partial charge >= 0.3 is 5.97 Å².